The molecule has 4 heterocycles. The predicted octanol–water partition coefficient (Wildman–Crippen LogP) is 5.38. The normalized spacial score (nSPS) is 16.2. The first-order chi connectivity index (χ1) is 15.3. The van der Waals surface area contributed by atoms with Gasteiger partial charge in [0.25, 0.3) is 10.0 Å². The Bertz CT molecular complexity index is 1420. The number of nitrogens with zero attached hydrogens (tertiary/aromatic N) is 3. The van der Waals surface area contributed by atoms with E-state index >= 15 is 0 Å². The summed E-state index contributed by atoms with van der Waals surface area (Å²) in [5.41, 5.74) is 1.78. The van der Waals surface area contributed by atoms with Crippen molar-refractivity contribution in [2.24, 2.45) is 5.92 Å². The summed E-state index contributed by atoms with van der Waals surface area (Å²) in [6, 6.07) is 6.99. The smallest absolute Gasteiger partial charge is 0.252 e. The Hall–Kier alpha value is -1.28. The summed E-state index contributed by atoms with van der Waals surface area (Å²) >= 11 is 11.6. The number of rotatable bonds is 5. The third-order valence-electron chi connectivity index (χ3n) is 5.26. The highest BCUT2D eigenvalue weighted by molar-refractivity contribution is 8.00. The number of hydrogen-bond donors (Lipinski definition) is 1. The number of nitrogens with one attached hydrogen (secondary N) is 1. The summed E-state index contributed by atoms with van der Waals surface area (Å²) in [5, 5.41) is 3.49. The highest BCUT2D eigenvalue weighted by atomic mass is 35.5. The van der Waals surface area contributed by atoms with E-state index in [0.29, 0.717) is 35.4 Å². The minimum absolute atomic E-state index is 0.120. The molecule has 1 saturated heterocycles. The number of amides is 1. The summed E-state index contributed by atoms with van der Waals surface area (Å²) in [5.74, 6) is -0.377. The molecule has 13 heteroatoms. The van der Waals surface area contributed by atoms with Crippen molar-refractivity contribution in [3.8, 4) is 0 Å². The van der Waals surface area contributed by atoms with Crippen LogP contribution in [0.4, 0.5) is 5.13 Å². The van der Waals surface area contributed by atoms with Gasteiger partial charge >= 0.3 is 0 Å². The van der Waals surface area contributed by atoms with Crippen molar-refractivity contribution in [2.75, 3.05) is 24.7 Å². The van der Waals surface area contributed by atoms with E-state index in [9.17, 15) is 13.2 Å². The van der Waals surface area contributed by atoms with Crippen LogP contribution >= 0.6 is 57.4 Å². The van der Waals surface area contributed by atoms with Gasteiger partial charge in [0.05, 0.1) is 24.8 Å². The first-order valence-electron chi connectivity index (χ1n) is 9.65. The second-order valence-corrected chi connectivity index (χ2v) is 14.1. The molecule has 0 aliphatic carbocycles. The number of fused-ring (bicyclic) bond motifs is 3. The fourth-order valence-electron chi connectivity index (χ4n) is 3.62. The molecule has 1 aromatic carbocycles. The Morgan fingerprint density at radius 2 is 1.78 bits per heavy atom. The fourth-order valence-corrected chi connectivity index (χ4v) is 9.39. The number of carbonyl (C=O) groups is 1. The van der Waals surface area contributed by atoms with E-state index in [2.05, 4.69) is 15.3 Å². The van der Waals surface area contributed by atoms with Crippen LogP contribution in [0.5, 0.6) is 0 Å². The number of thioether (sulfide) groups is 1. The molecule has 1 fully saturated rings. The van der Waals surface area contributed by atoms with Crippen molar-refractivity contribution < 1.29 is 13.2 Å². The molecule has 0 bridgehead atoms. The van der Waals surface area contributed by atoms with Crippen molar-refractivity contribution in [1.29, 1.82) is 0 Å². The van der Waals surface area contributed by atoms with E-state index in [4.69, 9.17) is 11.6 Å². The Morgan fingerprint density at radius 3 is 2.44 bits per heavy atom. The molecule has 0 atom stereocenters. The van der Waals surface area contributed by atoms with Gasteiger partial charge in [0.15, 0.2) is 9.47 Å². The van der Waals surface area contributed by atoms with Crippen LogP contribution < -0.4 is 5.32 Å². The third kappa shape index (κ3) is 4.17. The summed E-state index contributed by atoms with van der Waals surface area (Å²) in [6.45, 7) is 0.601. The van der Waals surface area contributed by atoms with Crippen molar-refractivity contribution in [2.45, 2.75) is 21.4 Å². The maximum Gasteiger partial charge on any atom is 0.252 e. The predicted molar refractivity (Wildman–Crippen MR) is 134 cm³/mol. The molecule has 4 aromatic rings. The summed E-state index contributed by atoms with van der Waals surface area (Å²) in [7, 11) is -3.57. The van der Waals surface area contributed by atoms with Gasteiger partial charge in [0.1, 0.15) is 4.21 Å². The van der Waals surface area contributed by atoms with E-state index in [1.165, 1.54) is 21.7 Å². The summed E-state index contributed by atoms with van der Waals surface area (Å²) in [6.07, 6.45) is 2.93. The Balaban J connectivity index is 1.27. The molecule has 1 amide bonds. The molecule has 168 valence electrons. The lowest BCUT2D eigenvalue weighted by Crippen LogP contribution is -2.41. The Labute approximate surface area is 205 Å². The number of thiophene rings is 1. The largest absolute Gasteiger partial charge is 0.302 e. The number of carbonyl (C=O) groups excluding carboxylic acids is 1. The minimum Gasteiger partial charge on any atom is -0.302 e. The van der Waals surface area contributed by atoms with Gasteiger partial charge in [0.2, 0.25) is 5.91 Å². The molecule has 7 nitrogen and oxygen atoms in total. The molecule has 3 aromatic heterocycles. The molecule has 1 aliphatic rings. The zero-order valence-corrected chi connectivity index (χ0v) is 21.5. The maximum absolute atomic E-state index is 12.8. The van der Waals surface area contributed by atoms with Crippen molar-refractivity contribution >= 4 is 98.9 Å². The van der Waals surface area contributed by atoms with Crippen LogP contribution in [-0.2, 0) is 14.8 Å². The van der Waals surface area contributed by atoms with Gasteiger partial charge < -0.3 is 5.32 Å². The molecule has 5 rings (SSSR count). The molecule has 1 N–H and O–H groups in total. The lowest BCUT2D eigenvalue weighted by molar-refractivity contribution is -0.120. The van der Waals surface area contributed by atoms with Gasteiger partial charge in [-0.15, -0.1) is 22.7 Å². The van der Waals surface area contributed by atoms with E-state index in [0.717, 1.165) is 36.1 Å². The van der Waals surface area contributed by atoms with Crippen molar-refractivity contribution in [3.63, 3.8) is 0 Å². The van der Waals surface area contributed by atoms with Crippen LogP contribution in [0.2, 0.25) is 4.34 Å². The zero-order valence-electron chi connectivity index (χ0n) is 16.7. The van der Waals surface area contributed by atoms with Crippen LogP contribution in [-0.4, -0.2) is 47.9 Å². The quantitative estimate of drug-likeness (QED) is 0.339. The Kier molecular flexibility index (Phi) is 6.20. The number of benzene rings is 1. The van der Waals surface area contributed by atoms with Crippen molar-refractivity contribution in [1.82, 2.24) is 14.3 Å². The number of piperidine rings is 1. The zero-order chi connectivity index (χ0) is 22.5. The lowest BCUT2D eigenvalue weighted by atomic mass is 9.97. The van der Waals surface area contributed by atoms with Crippen LogP contribution in [0.15, 0.2) is 32.8 Å². The van der Waals surface area contributed by atoms with Gasteiger partial charge in [-0.25, -0.2) is 18.4 Å². The molecule has 0 radical (unpaired) electrons. The number of thiazole rings is 2. The monoisotopic (exact) mass is 544 g/mol. The van der Waals surface area contributed by atoms with Crippen molar-refractivity contribution in [3.05, 3.63) is 28.6 Å². The molecular weight excluding hydrogens is 528 g/mol. The minimum atomic E-state index is -3.57. The lowest BCUT2D eigenvalue weighted by Gasteiger charge is -2.29. The average Bonchev–Trinajstić information content (AvgIpc) is 3.50. The molecule has 1 aliphatic heterocycles. The van der Waals surface area contributed by atoms with E-state index in [1.807, 2.05) is 18.4 Å². The molecular formula is C19H17ClN4O3S5. The molecule has 0 unspecified atom stereocenters. The topological polar surface area (TPSA) is 92.3 Å². The van der Waals surface area contributed by atoms with Gasteiger partial charge in [-0.3, -0.25) is 4.79 Å². The number of aromatic nitrogens is 2. The number of anilines is 1. The first-order valence-corrected chi connectivity index (χ1v) is 15.1. The summed E-state index contributed by atoms with van der Waals surface area (Å²) in [4.78, 5) is 22.0. The van der Waals surface area contributed by atoms with E-state index in [-0.39, 0.29) is 16.0 Å². The summed E-state index contributed by atoms with van der Waals surface area (Å²) < 4.78 is 30.7. The average molecular weight is 545 g/mol. The molecule has 0 saturated carbocycles. The van der Waals surface area contributed by atoms with Gasteiger partial charge in [-0.05, 0) is 43.4 Å². The van der Waals surface area contributed by atoms with Crippen LogP contribution in [0.25, 0.3) is 20.4 Å². The standard InChI is InChI=1S/C19H17ClN4O3S5/c1-28-19-22-12-3-2-11-15(16(12)31-19)30-18(21-11)23-17(25)10-6-8-24(9-7-10)32(26,27)14-5-4-13(20)29-14/h2-5,10H,6-9H2,1H3,(H,21,23,25). The second-order valence-electron chi connectivity index (χ2n) is 7.19. The maximum atomic E-state index is 12.8. The van der Waals surface area contributed by atoms with E-state index in [1.54, 1.807) is 29.2 Å². The highest BCUT2D eigenvalue weighted by Crippen LogP contribution is 2.38. The number of halogens is 1. The number of hydrogen-bond acceptors (Lipinski definition) is 9. The van der Waals surface area contributed by atoms with Gasteiger partial charge in [0, 0.05) is 19.0 Å². The van der Waals surface area contributed by atoms with Crippen LogP contribution in [0.1, 0.15) is 12.8 Å². The van der Waals surface area contributed by atoms with Gasteiger partial charge in [-0.2, -0.15) is 4.31 Å². The second kappa shape index (κ2) is 8.82. The SMILES string of the molecule is CSc1nc2ccc3nc(NC(=O)C4CCN(S(=O)(=O)c5ccc(Cl)s5)CC4)sc3c2s1. The van der Waals surface area contributed by atoms with Crippen LogP contribution in [0, 0.1) is 5.92 Å². The molecule has 32 heavy (non-hydrogen) atoms. The third-order valence-corrected chi connectivity index (χ3v) is 12.1. The van der Waals surface area contributed by atoms with Gasteiger partial charge in [-0.1, -0.05) is 34.7 Å². The molecule has 0 spiro atoms. The highest BCUT2D eigenvalue weighted by Gasteiger charge is 2.33. The Morgan fingerprint density at radius 1 is 1.09 bits per heavy atom. The van der Waals surface area contributed by atoms with Crippen LogP contribution in [0.3, 0.4) is 0 Å². The van der Waals surface area contributed by atoms with E-state index < -0.39 is 10.0 Å². The number of sulfonamides is 1. The fraction of sp³-hybridized carbons (Fsp3) is 0.316. The first kappa shape index (κ1) is 22.5.